The van der Waals surface area contributed by atoms with Crippen LogP contribution in [0.3, 0.4) is 0 Å². The van der Waals surface area contributed by atoms with Gasteiger partial charge in [-0.15, -0.1) is 0 Å². The molecule has 3 aliphatic rings. The van der Waals surface area contributed by atoms with Gasteiger partial charge in [0.15, 0.2) is 0 Å². The maximum absolute atomic E-state index is 12.5. The average molecular weight is 251 g/mol. The van der Waals surface area contributed by atoms with Crippen molar-refractivity contribution in [1.82, 2.24) is 4.90 Å². The number of aliphatic carboxylic acids is 1. The summed E-state index contributed by atoms with van der Waals surface area (Å²) in [6, 6.07) is -0.561. The fourth-order valence-electron chi connectivity index (χ4n) is 4.00. The molecule has 1 amide bonds. The zero-order valence-corrected chi connectivity index (χ0v) is 10.7. The number of carboxylic acid groups (broad SMARTS) is 1. The lowest BCUT2D eigenvalue weighted by atomic mass is 10.0. The number of carboxylic acids is 1. The molecule has 0 radical (unpaired) electrons. The van der Waals surface area contributed by atoms with Gasteiger partial charge in [-0.05, 0) is 43.9 Å². The number of likely N-dealkylation sites (tertiary alicyclic amines) is 1. The lowest BCUT2D eigenvalue weighted by Crippen LogP contribution is -2.48. The summed E-state index contributed by atoms with van der Waals surface area (Å²) in [6.45, 7) is 0.645. The third-order valence-corrected chi connectivity index (χ3v) is 5.01. The van der Waals surface area contributed by atoms with E-state index in [0.29, 0.717) is 24.8 Å². The molecule has 0 spiro atoms. The van der Waals surface area contributed by atoms with Crippen molar-refractivity contribution < 1.29 is 14.7 Å². The van der Waals surface area contributed by atoms with Crippen LogP contribution in [0.2, 0.25) is 0 Å². The predicted octanol–water partition coefficient (Wildman–Crippen LogP) is 1.89. The topological polar surface area (TPSA) is 57.6 Å². The van der Waals surface area contributed by atoms with Crippen LogP contribution in [-0.4, -0.2) is 34.5 Å². The quantitative estimate of drug-likeness (QED) is 0.815. The molecule has 3 atom stereocenters. The van der Waals surface area contributed by atoms with Crippen LogP contribution in [0.5, 0.6) is 0 Å². The molecular weight excluding hydrogens is 230 g/mol. The minimum absolute atomic E-state index is 0.138. The van der Waals surface area contributed by atoms with Gasteiger partial charge in [0.1, 0.15) is 6.04 Å². The smallest absolute Gasteiger partial charge is 0.326 e. The lowest BCUT2D eigenvalue weighted by Gasteiger charge is -2.33. The van der Waals surface area contributed by atoms with Gasteiger partial charge in [-0.25, -0.2) is 4.79 Å². The first-order chi connectivity index (χ1) is 8.70. The summed E-state index contributed by atoms with van der Waals surface area (Å²) in [4.78, 5) is 25.4. The van der Waals surface area contributed by atoms with E-state index in [-0.39, 0.29) is 11.8 Å². The van der Waals surface area contributed by atoms with E-state index in [2.05, 4.69) is 0 Å². The van der Waals surface area contributed by atoms with Crippen LogP contribution < -0.4 is 0 Å². The summed E-state index contributed by atoms with van der Waals surface area (Å²) in [5.74, 6) is 0.614. The predicted molar refractivity (Wildman–Crippen MR) is 65.9 cm³/mol. The number of carbonyl (C=O) groups excluding carboxylic acids is 1. The molecule has 0 aromatic heterocycles. The zero-order chi connectivity index (χ0) is 12.7. The molecule has 1 N–H and O–H groups in total. The van der Waals surface area contributed by atoms with Crippen molar-refractivity contribution in [3.63, 3.8) is 0 Å². The van der Waals surface area contributed by atoms with E-state index in [1.54, 1.807) is 4.90 Å². The minimum Gasteiger partial charge on any atom is -0.480 e. The molecule has 4 heteroatoms. The highest BCUT2D eigenvalue weighted by Crippen LogP contribution is 2.56. The Labute approximate surface area is 107 Å². The van der Waals surface area contributed by atoms with Crippen LogP contribution in [0.25, 0.3) is 0 Å². The van der Waals surface area contributed by atoms with Gasteiger partial charge in [-0.3, -0.25) is 4.79 Å². The first-order valence-corrected chi connectivity index (χ1v) is 7.23. The second-order valence-electron chi connectivity index (χ2n) is 6.02. The van der Waals surface area contributed by atoms with E-state index in [1.165, 1.54) is 25.7 Å². The van der Waals surface area contributed by atoms with Crippen molar-refractivity contribution in [2.45, 2.75) is 51.0 Å². The van der Waals surface area contributed by atoms with Crippen molar-refractivity contribution in [1.29, 1.82) is 0 Å². The number of carbonyl (C=O) groups is 2. The van der Waals surface area contributed by atoms with E-state index in [0.717, 1.165) is 12.8 Å². The van der Waals surface area contributed by atoms with Crippen LogP contribution in [0.4, 0.5) is 0 Å². The Morgan fingerprint density at radius 1 is 0.944 bits per heavy atom. The van der Waals surface area contributed by atoms with E-state index in [9.17, 15) is 14.7 Å². The fourth-order valence-corrected chi connectivity index (χ4v) is 4.00. The Kier molecular flexibility index (Phi) is 3.04. The minimum atomic E-state index is -0.827. The lowest BCUT2D eigenvalue weighted by molar-refractivity contribution is -0.152. The SMILES string of the molecule is O=C(O)[C@@H]1CCCCN1C(=O)C1C2CCCCC21. The second-order valence-corrected chi connectivity index (χ2v) is 6.02. The van der Waals surface area contributed by atoms with Crippen molar-refractivity contribution >= 4 is 11.9 Å². The van der Waals surface area contributed by atoms with Crippen molar-refractivity contribution in [2.75, 3.05) is 6.54 Å². The van der Waals surface area contributed by atoms with Crippen LogP contribution in [0, 0.1) is 17.8 Å². The van der Waals surface area contributed by atoms with Gasteiger partial charge in [-0.1, -0.05) is 12.8 Å². The molecule has 1 saturated heterocycles. The molecule has 2 aliphatic carbocycles. The Morgan fingerprint density at radius 3 is 2.17 bits per heavy atom. The summed E-state index contributed by atoms with van der Waals surface area (Å²) >= 11 is 0. The van der Waals surface area contributed by atoms with Gasteiger partial charge in [0.05, 0.1) is 0 Å². The molecule has 0 aromatic carbocycles. The Bertz CT molecular complexity index is 356. The van der Waals surface area contributed by atoms with E-state index in [1.807, 2.05) is 0 Å². The first kappa shape index (κ1) is 12.0. The Balaban J connectivity index is 1.69. The van der Waals surface area contributed by atoms with E-state index in [4.69, 9.17) is 0 Å². The third-order valence-electron chi connectivity index (χ3n) is 5.01. The molecule has 0 aromatic rings. The first-order valence-electron chi connectivity index (χ1n) is 7.23. The van der Waals surface area contributed by atoms with Crippen LogP contribution >= 0.6 is 0 Å². The van der Waals surface area contributed by atoms with Crippen LogP contribution in [-0.2, 0) is 9.59 Å². The van der Waals surface area contributed by atoms with Crippen LogP contribution in [0.1, 0.15) is 44.9 Å². The number of hydrogen-bond donors (Lipinski definition) is 1. The van der Waals surface area contributed by atoms with Gasteiger partial charge in [-0.2, -0.15) is 0 Å². The van der Waals surface area contributed by atoms with Crippen molar-refractivity contribution in [3.8, 4) is 0 Å². The summed E-state index contributed by atoms with van der Waals surface area (Å²) in [5.41, 5.74) is 0. The molecule has 3 rings (SSSR count). The molecule has 4 nitrogen and oxygen atoms in total. The highest BCUT2D eigenvalue weighted by molar-refractivity contribution is 5.87. The van der Waals surface area contributed by atoms with Gasteiger partial charge < -0.3 is 10.0 Å². The van der Waals surface area contributed by atoms with Crippen molar-refractivity contribution in [3.05, 3.63) is 0 Å². The summed E-state index contributed by atoms with van der Waals surface area (Å²) < 4.78 is 0. The molecule has 1 heterocycles. The summed E-state index contributed by atoms with van der Waals surface area (Å²) in [5, 5.41) is 9.22. The zero-order valence-electron chi connectivity index (χ0n) is 10.7. The number of piperidine rings is 1. The molecular formula is C14H21NO3. The molecule has 1 aliphatic heterocycles. The highest BCUT2D eigenvalue weighted by atomic mass is 16.4. The van der Waals surface area contributed by atoms with Crippen molar-refractivity contribution in [2.24, 2.45) is 17.8 Å². The monoisotopic (exact) mass is 251 g/mol. The summed E-state index contributed by atoms with van der Waals surface area (Å²) in [6.07, 6.45) is 7.35. The standard InChI is InChI=1S/C14H21NO3/c16-13(12-9-5-1-2-6-10(9)12)15-8-4-3-7-11(15)14(17)18/h9-12H,1-8H2,(H,17,18)/t9?,10?,11-,12?/m0/s1. The molecule has 0 bridgehead atoms. The molecule has 18 heavy (non-hydrogen) atoms. The highest BCUT2D eigenvalue weighted by Gasteiger charge is 2.56. The fraction of sp³-hybridized carbons (Fsp3) is 0.857. The average Bonchev–Trinajstić information content (AvgIpc) is 3.12. The third kappa shape index (κ3) is 1.91. The number of rotatable bonds is 2. The largest absolute Gasteiger partial charge is 0.480 e. The van der Waals surface area contributed by atoms with E-state index < -0.39 is 12.0 Å². The Morgan fingerprint density at radius 2 is 1.56 bits per heavy atom. The maximum Gasteiger partial charge on any atom is 0.326 e. The number of nitrogens with zero attached hydrogens (tertiary/aromatic N) is 1. The second kappa shape index (κ2) is 4.56. The van der Waals surface area contributed by atoms with E-state index >= 15 is 0 Å². The van der Waals surface area contributed by atoms with Gasteiger partial charge in [0.25, 0.3) is 0 Å². The molecule has 2 unspecified atom stereocenters. The molecule has 3 fully saturated rings. The molecule has 100 valence electrons. The summed E-state index contributed by atoms with van der Waals surface area (Å²) in [7, 11) is 0. The Hall–Kier alpha value is -1.06. The number of amides is 1. The molecule has 2 saturated carbocycles. The number of fused-ring (bicyclic) bond motifs is 1. The maximum atomic E-state index is 12.5. The van der Waals surface area contributed by atoms with Gasteiger partial charge >= 0.3 is 5.97 Å². The normalized spacial score (nSPS) is 39.0. The van der Waals surface area contributed by atoms with Gasteiger partial charge in [0.2, 0.25) is 5.91 Å². The van der Waals surface area contributed by atoms with Crippen LogP contribution in [0.15, 0.2) is 0 Å². The number of hydrogen-bond acceptors (Lipinski definition) is 2. The van der Waals surface area contributed by atoms with Gasteiger partial charge in [0, 0.05) is 12.5 Å².